The van der Waals surface area contributed by atoms with Crippen LogP contribution >= 0.6 is 0 Å². The van der Waals surface area contributed by atoms with Gasteiger partial charge in [-0.1, -0.05) is 0 Å². The zero-order valence-corrected chi connectivity index (χ0v) is 15.8. The Labute approximate surface area is 160 Å². The second-order valence-electron chi connectivity index (χ2n) is 7.96. The zero-order valence-electron chi connectivity index (χ0n) is 15.8. The summed E-state index contributed by atoms with van der Waals surface area (Å²) in [5.41, 5.74) is 7.31. The molecule has 0 spiro atoms. The monoisotopic (exact) mass is 362 g/mol. The maximum Gasteiger partial charge on any atom is 0.150 e. The molecule has 140 valence electrons. The largest absolute Gasteiger partial charge is 0.497 e. The average Bonchev–Trinajstić information content (AvgIpc) is 2.88. The van der Waals surface area contributed by atoms with Crippen molar-refractivity contribution in [2.24, 2.45) is 0 Å². The Kier molecular flexibility index (Phi) is 4.16. The lowest BCUT2D eigenvalue weighted by Gasteiger charge is -2.33. The Bertz CT molecular complexity index is 892. The number of hydrogen-bond donors (Lipinski definition) is 1. The molecule has 1 N–H and O–H groups in total. The van der Waals surface area contributed by atoms with Gasteiger partial charge in [0.15, 0.2) is 6.29 Å². The molecule has 4 heteroatoms. The highest BCUT2D eigenvalue weighted by atomic mass is 16.5. The van der Waals surface area contributed by atoms with Crippen molar-refractivity contribution in [3.63, 3.8) is 0 Å². The number of benzene rings is 2. The molecule has 0 aromatic heterocycles. The van der Waals surface area contributed by atoms with Crippen LogP contribution in [-0.2, 0) is 6.42 Å². The molecule has 2 aromatic carbocycles. The zero-order chi connectivity index (χ0) is 18.4. The standard InChI is InChI=1S/C23H26N2O2/c1-27-18-5-6-19(17(11-18)14-26)16-10-15-4-2-3-9-25-22-7-8-24-13-21(22)20(12-16)23(15)25/h5-6,10-12,14,21-22,24H,2-4,7-9,13H2,1H3/t21-,22-/m0/s1. The van der Waals surface area contributed by atoms with Crippen LogP contribution in [0.4, 0.5) is 5.69 Å². The molecule has 0 bridgehead atoms. The smallest absolute Gasteiger partial charge is 0.150 e. The molecule has 27 heavy (non-hydrogen) atoms. The Morgan fingerprint density at radius 1 is 1.22 bits per heavy atom. The van der Waals surface area contributed by atoms with Gasteiger partial charge in [-0.15, -0.1) is 0 Å². The van der Waals surface area contributed by atoms with Crippen LogP contribution < -0.4 is 15.0 Å². The van der Waals surface area contributed by atoms with Gasteiger partial charge in [-0.05, 0) is 84.8 Å². The third-order valence-electron chi connectivity index (χ3n) is 6.54. The summed E-state index contributed by atoms with van der Waals surface area (Å²) in [6.07, 6.45) is 5.80. The van der Waals surface area contributed by atoms with Gasteiger partial charge in [0.2, 0.25) is 0 Å². The maximum absolute atomic E-state index is 11.7. The summed E-state index contributed by atoms with van der Waals surface area (Å²) >= 11 is 0. The molecule has 3 aliphatic heterocycles. The van der Waals surface area contributed by atoms with Crippen LogP contribution in [-0.4, -0.2) is 39.1 Å². The van der Waals surface area contributed by atoms with Crippen molar-refractivity contribution in [2.45, 2.75) is 37.6 Å². The van der Waals surface area contributed by atoms with E-state index in [4.69, 9.17) is 4.74 Å². The summed E-state index contributed by atoms with van der Waals surface area (Å²) in [5, 5.41) is 3.59. The fraction of sp³-hybridized carbons (Fsp3) is 0.435. The third-order valence-corrected chi connectivity index (χ3v) is 6.54. The maximum atomic E-state index is 11.7. The molecular weight excluding hydrogens is 336 g/mol. The number of ether oxygens (including phenoxy) is 1. The van der Waals surface area contributed by atoms with E-state index in [1.54, 1.807) is 7.11 Å². The van der Waals surface area contributed by atoms with E-state index in [1.807, 2.05) is 18.2 Å². The minimum Gasteiger partial charge on any atom is -0.497 e. The van der Waals surface area contributed by atoms with Crippen LogP contribution in [0.2, 0.25) is 0 Å². The molecule has 1 fully saturated rings. The molecule has 0 aliphatic carbocycles. The highest BCUT2D eigenvalue weighted by Crippen LogP contribution is 2.48. The highest BCUT2D eigenvalue weighted by molar-refractivity contribution is 5.89. The topological polar surface area (TPSA) is 41.6 Å². The number of anilines is 1. The number of aldehydes is 1. The number of nitrogens with zero attached hydrogens (tertiary/aromatic N) is 1. The minimum atomic E-state index is 0.559. The van der Waals surface area contributed by atoms with Crippen molar-refractivity contribution in [2.75, 3.05) is 31.6 Å². The van der Waals surface area contributed by atoms with Crippen molar-refractivity contribution in [3.05, 3.63) is 47.0 Å². The predicted octanol–water partition coefficient (Wildman–Crippen LogP) is 3.78. The van der Waals surface area contributed by atoms with Crippen LogP contribution in [0.5, 0.6) is 5.75 Å². The lowest BCUT2D eigenvalue weighted by molar-refractivity contribution is 0.112. The molecule has 5 rings (SSSR count). The first-order chi connectivity index (χ1) is 13.3. The Morgan fingerprint density at radius 3 is 3.00 bits per heavy atom. The van der Waals surface area contributed by atoms with Gasteiger partial charge in [0.1, 0.15) is 5.75 Å². The number of piperidine rings is 1. The SMILES string of the molecule is COc1ccc(-c2cc3c4c(c2)[C@@H]2CNCC[C@@H]2N4CCCC3)c(C=O)c1. The van der Waals surface area contributed by atoms with E-state index in [9.17, 15) is 4.79 Å². The number of hydrogen-bond acceptors (Lipinski definition) is 4. The first-order valence-corrected chi connectivity index (χ1v) is 10.1. The van der Waals surface area contributed by atoms with Gasteiger partial charge in [0.05, 0.1) is 7.11 Å². The van der Waals surface area contributed by atoms with E-state index >= 15 is 0 Å². The first-order valence-electron chi connectivity index (χ1n) is 10.1. The van der Waals surface area contributed by atoms with Crippen LogP contribution in [0, 0.1) is 0 Å². The van der Waals surface area contributed by atoms with Gasteiger partial charge in [-0.25, -0.2) is 0 Å². The Morgan fingerprint density at radius 2 is 2.15 bits per heavy atom. The number of carbonyl (C=O) groups is 1. The first kappa shape index (κ1) is 16.8. The summed E-state index contributed by atoms with van der Waals surface area (Å²) in [6, 6.07) is 11.1. The molecule has 1 saturated heterocycles. The fourth-order valence-electron chi connectivity index (χ4n) is 5.30. The van der Waals surface area contributed by atoms with E-state index in [0.29, 0.717) is 17.5 Å². The predicted molar refractivity (Wildman–Crippen MR) is 108 cm³/mol. The summed E-state index contributed by atoms with van der Waals surface area (Å²) in [4.78, 5) is 14.4. The number of carbonyl (C=O) groups excluding carboxylic acids is 1. The molecule has 0 radical (unpaired) electrons. The Hall–Kier alpha value is -2.33. The van der Waals surface area contributed by atoms with E-state index < -0.39 is 0 Å². The summed E-state index contributed by atoms with van der Waals surface area (Å²) in [5.74, 6) is 1.28. The van der Waals surface area contributed by atoms with Gasteiger partial charge in [-0.2, -0.15) is 0 Å². The van der Waals surface area contributed by atoms with E-state index in [2.05, 4.69) is 22.3 Å². The summed E-state index contributed by atoms with van der Waals surface area (Å²) < 4.78 is 5.30. The number of fused-ring (bicyclic) bond motifs is 3. The summed E-state index contributed by atoms with van der Waals surface area (Å²) in [7, 11) is 1.64. The third kappa shape index (κ3) is 2.66. The molecule has 2 atom stereocenters. The molecule has 2 aromatic rings. The quantitative estimate of drug-likeness (QED) is 0.844. The molecule has 4 nitrogen and oxygen atoms in total. The number of aryl methyl sites for hydroxylation is 1. The fourth-order valence-corrected chi connectivity index (χ4v) is 5.30. The second kappa shape index (κ2) is 6.68. The van der Waals surface area contributed by atoms with Gasteiger partial charge in [-0.3, -0.25) is 4.79 Å². The minimum absolute atomic E-state index is 0.559. The van der Waals surface area contributed by atoms with Gasteiger partial charge < -0.3 is 15.0 Å². The number of rotatable bonds is 3. The lowest BCUT2D eigenvalue weighted by atomic mass is 9.86. The summed E-state index contributed by atoms with van der Waals surface area (Å²) in [6.45, 7) is 3.35. The van der Waals surface area contributed by atoms with Crippen LogP contribution in [0.3, 0.4) is 0 Å². The van der Waals surface area contributed by atoms with Crippen LogP contribution in [0.1, 0.15) is 46.7 Å². The normalized spacial score (nSPS) is 23.4. The van der Waals surface area contributed by atoms with E-state index in [0.717, 1.165) is 37.1 Å². The molecule has 0 amide bonds. The Balaban J connectivity index is 1.67. The van der Waals surface area contributed by atoms with Crippen molar-refractivity contribution in [3.8, 4) is 16.9 Å². The van der Waals surface area contributed by atoms with Gasteiger partial charge in [0.25, 0.3) is 0 Å². The average molecular weight is 362 g/mol. The van der Waals surface area contributed by atoms with Gasteiger partial charge >= 0.3 is 0 Å². The molecule has 0 saturated carbocycles. The van der Waals surface area contributed by atoms with Crippen molar-refractivity contribution < 1.29 is 9.53 Å². The van der Waals surface area contributed by atoms with E-state index in [-0.39, 0.29) is 0 Å². The van der Waals surface area contributed by atoms with Crippen molar-refractivity contribution >= 4 is 12.0 Å². The lowest BCUT2D eigenvalue weighted by Crippen LogP contribution is -2.44. The van der Waals surface area contributed by atoms with E-state index in [1.165, 1.54) is 48.2 Å². The molecule has 3 aliphatic rings. The molecule has 3 heterocycles. The van der Waals surface area contributed by atoms with Crippen molar-refractivity contribution in [1.29, 1.82) is 0 Å². The highest BCUT2D eigenvalue weighted by Gasteiger charge is 2.41. The van der Waals surface area contributed by atoms with Crippen molar-refractivity contribution in [1.82, 2.24) is 5.32 Å². The second-order valence-corrected chi connectivity index (χ2v) is 7.96. The molecule has 0 unspecified atom stereocenters. The van der Waals surface area contributed by atoms with Gasteiger partial charge in [0, 0.05) is 36.3 Å². The van der Waals surface area contributed by atoms with Crippen LogP contribution in [0.15, 0.2) is 30.3 Å². The number of methoxy groups -OCH3 is 1. The molecular formula is C23H26N2O2. The van der Waals surface area contributed by atoms with Crippen LogP contribution in [0.25, 0.3) is 11.1 Å². The number of nitrogens with one attached hydrogen (secondary N) is 1.